The normalized spacial score (nSPS) is 19.9. The molecule has 0 spiro atoms. The Morgan fingerprint density at radius 2 is 2.29 bits per heavy atom. The first kappa shape index (κ1) is 15.1. The summed E-state index contributed by atoms with van der Waals surface area (Å²) in [6.45, 7) is 4.30. The molecule has 0 saturated heterocycles. The van der Waals surface area contributed by atoms with Crippen LogP contribution in [0.2, 0.25) is 0 Å². The van der Waals surface area contributed by atoms with Gasteiger partial charge in [-0.1, -0.05) is 25.6 Å². The van der Waals surface area contributed by atoms with Crippen LogP contribution in [0.25, 0.3) is 11.0 Å². The van der Waals surface area contributed by atoms with Gasteiger partial charge >= 0.3 is 5.97 Å². The average Bonchev–Trinajstić information content (AvgIpc) is 2.86. The molecule has 1 heterocycles. The molecule has 1 atom stereocenters. The van der Waals surface area contributed by atoms with Gasteiger partial charge in [-0.25, -0.2) is 9.37 Å². The van der Waals surface area contributed by atoms with E-state index in [9.17, 15) is 9.18 Å². The third-order valence-corrected chi connectivity index (χ3v) is 5.56. The summed E-state index contributed by atoms with van der Waals surface area (Å²) in [6.07, 6.45) is 0.993. The van der Waals surface area contributed by atoms with Crippen LogP contribution in [-0.4, -0.2) is 26.4 Å². The Morgan fingerprint density at radius 1 is 1.62 bits per heavy atom. The Morgan fingerprint density at radius 3 is 2.86 bits per heavy atom. The molecule has 1 aliphatic carbocycles. The molecule has 1 fully saturated rings. The molecule has 3 rings (SSSR count). The van der Waals surface area contributed by atoms with Crippen molar-refractivity contribution in [2.24, 2.45) is 5.41 Å². The lowest BCUT2D eigenvalue weighted by Gasteiger charge is -2.10. The van der Waals surface area contributed by atoms with Crippen molar-refractivity contribution >= 4 is 51.4 Å². The van der Waals surface area contributed by atoms with Crippen molar-refractivity contribution in [1.82, 2.24) is 9.55 Å². The van der Waals surface area contributed by atoms with Crippen molar-refractivity contribution in [3.05, 3.63) is 21.5 Å². The second kappa shape index (κ2) is 5.12. The number of carboxylic acids is 1. The van der Waals surface area contributed by atoms with Crippen molar-refractivity contribution in [1.29, 1.82) is 0 Å². The van der Waals surface area contributed by atoms with Crippen molar-refractivity contribution in [2.75, 3.05) is 5.75 Å². The van der Waals surface area contributed by atoms with Gasteiger partial charge in [0.25, 0.3) is 0 Å². The molecule has 0 aliphatic heterocycles. The highest BCUT2D eigenvalue weighted by Gasteiger charge is 2.48. The van der Waals surface area contributed by atoms with Gasteiger partial charge in [0.05, 0.1) is 20.4 Å². The number of carboxylic acid groups (broad SMARTS) is 1. The lowest BCUT2D eigenvalue weighted by molar-refractivity contribution is -0.133. The first-order chi connectivity index (χ1) is 9.79. The Bertz CT molecular complexity index is 744. The van der Waals surface area contributed by atoms with Crippen molar-refractivity contribution in [2.45, 2.75) is 31.5 Å². The van der Waals surface area contributed by atoms with E-state index in [2.05, 4.69) is 18.8 Å². The number of aliphatic carboxylic acids is 1. The summed E-state index contributed by atoms with van der Waals surface area (Å²) in [7, 11) is 0. The van der Waals surface area contributed by atoms with Crippen LogP contribution in [0.3, 0.4) is 0 Å². The Balaban J connectivity index is 2.12. The molecular formula is C14H14FIN2O2S. The van der Waals surface area contributed by atoms with Crippen LogP contribution in [0.15, 0.2) is 17.3 Å². The Hall–Kier alpha value is -0.830. The Kier molecular flexibility index (Phi) is 3.67. The zero-order valence-electron chi connectivity index (χ0n) is 11.6. The van der Waals surface area contributed by atoms with Gasteiger partial charge < -0.3 is 9.67 Å². The standard InChI is InChI=1S/C14H14FIN2O2S/c1-14(2)5-11(14)18-10-3-7(15)8(16)4-9(10)17-13(18)21-6-12(19)20/h3-4,11H,5-6H2,1-2H3,(H,19,20). The topological polar surface area (TPSA) is 55.1 Å². The highest BCUT2D eigenvalue weighted by atomic mass is 127. The van der Waals surface area contributed by atoms with E-state index in [-0.39, 0.29) is 23.0 Å². The molecule has 1 N–H and O–H groups in total. The van der Waals surface area contributed by atoms with Crippen molar-refractivity contribution < 1.29 is 14.3 Å². The molecule has 4 nitrogen and oxygen atoms in total. The molecule has 0 bridgehead atoms. The molecule has 1 saturated carbocycles. The summed E-state index contributed by atoms with van der Waals surface area (Å²) in [6, 6.07) is 3.46. The summed E-state index contributed by atoms with van der Waals surface area (Å²) < 4.78 is 16.4. The zero-order valence-corrected chi connectivity index (χ0v) is 14.5. The molecule has 7 heteroatoms. The predicted molar refractivity (Wildman–Crippen MR) is 88.2 cm³/mol. The minimum Gasteiger partial charge on any atom is -0.481 e. The molecule has 21 heavy (non-hydrogen) atoms. The summed E-state index contributed by atoms with van der Waals surface area (Å²) in [5.41, 5.74) is 1.61. The molecule has 1 aromatic carbocycles. The van der Waals surface area contributed by atoms with E-state index in [4.69, 9.17) is 5.11 Å². The SMILES string of the molecule is CC1(C)CC1n1c(SCC(=O)O)nc2cc(I)c(F)cc21. The third-order valence-electron chi connectivity index (χ3n) is 3.80. The number of thioether (sulfide) groups is 1. The number of hydrogen-bond donors (Lipinski definition) is 1. The summed E-state index contributed by atoms with van der Waals surface area (Å²) in [4.78, 5) is 15.3. The van der Waals surface area contributed by atoms with Gasteiger partial charge in [0, 0.05) is 12.1 Å². The number of halogens is 2. The van der Waals surface area contributed by atoms with E-state index in [0.29, 0.717) is 8.73 Å². The van der Waals surface area contributed by atoms with Crippen LogP contribution in [0.4, 0.5) is 4.39 Å². The van der Waals surface area contributed by atoms with Crippen molar-refractivity contribution in [3.63, 3.8) is 0 Å². The van der Waals surface area contributed by atoms with Gasteiger partial charge in [0.1, 0.15) is 5.82 Å². The minimum atomic E-state index is -0.880. The van der Waals surface area contributed by atoms with Gasteiger partial charge in [0.2, 0.25) is 0 Å². The third kappa shape index (κ3) is 2.77. The largest absolute Gasteiger partial charge is 0.481 e. The fraction of sp³-hybridized carbons (Fsp3) is 0.429. The van der Waals surface area contributed by atoms with Gasteiger partial charge in [-0.05, 0) is 40.5 Å². The van der Waals surface area contributed by atoms with E-state index in [0.717, 1.165) is 17.5 Å². The number of fused-ring (bicyclic) bond motifs is 1. The average molecular weight is 420 g/mol. The van der Waals surface area contributed by atoms with E-state index in [1.807, 2.05) is 27.2 Å². The predicted octanol–water partition coefficient (Wildman–Crippen LogP) is 3.93. The molecule has 1 aliphatic rings. The molecule has 0 amide bonds. The lowest BCUT2D eigenvalue weighted by atomic mass is 10.2. The van der Waals surface area contributed by atoms with Crippen LogP contribution < -0.4 is 0 Å². The quantitative estimate of drug-likeness (QED) is 0.602. The fourth-order valence-electron chi connectivity index (χ4n) is 2.48. The monoisotopic (exact) mass is 420 g/mol. The first-order valence-electron chi connectivity index (χ1n) is 6.51. The number of benzene rings is 1. The second-order valence-electron chi connectivity index (χ2n) is 5.91. The maximum Gasteiger partial charge on any atom is 0.313 e. The van der Waals surface area contributed by atoms with Crippen LogP contribution in [0, 0.1) is 14.8 Å². The number of rotatable bonds is 4. The number of imidazole rings is 1. The number of aromatic nitrogens is 2. The van der Waals surface area contributed by atoms with E-state index in [1.165, 1.54) is 17.8 Å². The number of nitrogens with zero attached hydrogens (tertiary/aromatic N) is 2. The summed E-state index contributed by atoms with van der Waals surface area (Å²) in [5, 5.41) is 9.52. The summed E-state index contributed by atoms with van der Waals surface area (Å²) in [5.74, 6) is -1.19. The molecule has 112 valence electrons. The van der Waals surface area contributed by atoms with Crippen molar-refractivity contribution in [3.8, 4) is 0 Å². The van der Waals surface area contributed by atoms with Gasteiger partial charge in [-0.3, -0.25) is 4.79 Å². The molecule has 0 radical (unpaired) electrons. The number of hydrogen-bond acceptors (Lipinski definition) is 3. The first-order valence-corrected chi connectivity index (χ1v) is 8.57. The molecule has 2 aromatic rings. The zero-order chi connectivity index (χ0) is 15.4. The highest BCUT2D eigenvalue weighted by Crippen LogP contribution is 2.57. The van der Waals surface area contributed by atoms with Gasteiger partial charge in [0.15, 0.2) is 5.16 Å². The summed E-state index contributed by atoms with van der Waals surface area (Å²) >= 11 is 3.13. The highest BCUT2D eigenvalue weighted by molar-refractivity contribution is 14.1. The molecule has 1 aromatic heterocycles. The minimum absolute atomic E-state index is 0.0456. The second-order valence-corrected chi connectivity index (χ2v) is 8.02. The van der Waals surface area contributed by atoms with Crippen LogP contribution in [0.1, 0.15) is 26.3 Å². The van der Waals surface area contributed by atoms with Gasteiger partial charge in [-0.2, -0.15) is 0 Å². The number of carbonyl (C=O) groups is 1. The maximum absolute atomic E-state index is 13.9. The maximum atomic E-state index is 13.9. The van der Waals surface area contributed by atoms with Gasteiger partial charge in [-0.15, -0.1) is 0 Å². The van der Waals surface area contributed by atoms with E-state index in [1.54, 1.807) is 6.07 Å². The molecular weight excluding hydrogens is 406 g/mol. The smallest absolute Gasteiger partial charge is 0.313 e. The van der Waals surface area contributed by atoms with E-state index >= 15 is 0 Å². The van der Waals surface area contributed by atoms with Crippen LogP contribution in [0.5, 0.6) is 0 Å². The lowest BCUT2D eigenvalue weighted by Crippen LogP contribution is -2.05. The van der Waals surface area contributed by atoms with Crippen LogP contribution >= 0.6 is 34.4 Å². The molecule has 1 unspecified atom stereocenters. The van der Waals surface area contributed by atoms with Crippen LogP contribution in [-0.2, 0) is 4.79 Å². The Labute approximate surface area is 139 Å². The van der Waals surface area contributed by atoms with E-state index < -0.39 is 5.97 Å². The fourth-order valence-corrected chi connectivity index (χ4v) is 3.71.